The topological polar surface area (TPSA) is 61.4 Å². The van der Waals surface area contributed by atoms with Crippen LogP contribution in [0.4, 0.5) is 0 Å². The molecule has 0 heterocycles. The maximum atomic E-state index is 11.8. The van der Waals surface area contributed by atoms with Crippen molar-refractivity contribution in [2.45, 2.75) is 38.1 Å². The molecule has 1 saturated carbocycles. The summed E-state index contributed by atoms with van der Waals surface area (Å²) in [5.74, 6) is 0.163. The third-order valence-electron chi connectivity index (χ3n) is 3.83. The third-order valence-corrected chi connectivity index (χ3v) is 5.15. The van der Waals surface area contributed by atoms with Crippen LogP contribution >= 0.6 is 0 Å². The summed E-state index contributed by atoms with van der Waals surface area (Å²) in [4.78, 5) is 2.15. The summed E-state index contributed by atoms with van der Waals surface area (Å²) < 4.78 is 26.4. The lowest BCUT2D eigenvalue weighted by molar-refractivity contribution is 0.0657. The number of hydrogen-bond donors (Lipinski definition) is 2. The quantitative estimate of drug-likeness (QED) is 0.599. The SMILES string of the molecule is CCCNCCS(=O)(=O)NCC1(N(C)C)CCC1. The van der Waals surface area contributed by atoms with Gasteiger partial charge in [-0.15, -0.1) is 0 Å². The minimum absolute atomic E-state index is 0.0456. The Kier molecular flexibility index (Phi) is 6.04. The molecule has 2 N–H and O–H groups in total. The molecule has 0 saturated heterocycles. The normalized spacial score (nSPS) is 18.9. The van der Waals surface area contributed by atoms with E-state index in [1.54, 1.807) is 0 Å². The first-order valence-electron chi connectivity index (χ1n) is 6.77. The first-order valence-corrected chi connectivity index (χ1v) is 8.42. The number of nitrogens with one attached hydrogen (secondary N) is 2. The Morgan fingerprint density at radius 1 is 1.22 bits per heavy atom. The monoisotopic (exact) mass is 277 g/mol. The molecule has 0 amide bonds. The average Bonchev–Trinajstić information content (AvgIpc) is 2.22. The van der Waals surface area contributed by atoms with Crippen LogP contribution in [-0.4, -0.2) is 58.3 Å². The second kappa shape index (κ2) is 6.84. The molecule has 0 atom stereocenters. The molecule has 6 heteroatoms. The van der Waals surface area contributed by atoms with Crippen LogP contribution in [0.15, 0.2) is 0 Å². The lowest BCUT2D eigenvalue weighted by Gasteiger charge is -2.47. The van der Waals surface area contributed by atoms with E-state index in [4.69, 9.17) is 0 Å². The van der Waals surface area contributed by atoms with Crippen molar-refractivity contribution in [1.82, 2.24) is 14.9 Å². The van der Waals surface area contributed by atoms with Crippen LogP contribution in [0.25, 0.3) is 0 Å². The molecule has 0 aromatic carbocycles. The Morgan fingerprint density at radius 2 is 1.89 bits per heavy atom. The van der Waals surface area contributed by atoms with Gasteiger partial charge in [0, 0.05) is 18.6 Å². The van der Waals surface area contributed by atoms with E-state index < -0.39 is 10.0 Å². The average molecular weight is 277 g/mol. The maximum absolute atomic E-state index is 11.8. The molecule has 0 spiro atoms. The molecule has 0 aromatic rings. The lowest BCUT2D eigenvalue weighted by atomic mass is 9.76. The van der Waals surface area contributed by atoms with Gasteiger partial charge in [-0.05, 0) is 46.3 Å². The highest BCUT2D eigenvalue weighted by atomic mass is 32.2. The van der Waals surface area contributed by atoms with Gasteiger partial charge in [0.05, 0.1) is 5.75 Å². The Hall–Kier alpha value is -0.170. The van der Waals surface area contributed by atoms with E-state index in [1.165, 1.54) is 6.42 Å². The van der Waals surface area contributed by atoms with E-state index >= 15 is 0 Å². The molecule has 1 fully saturated rings. The molecule has 5 nitrogen and oxygen atoms in total. The predicted molar refractivity (Wildman–Crippen MR) is 75.2 cm³/mol. The zero-order chi connectivity index (χ0) is 13.6. The second-order valence-electron chi connectivity index (χ2n) is 5.36. The highest BCUT2D eigenvalue weighted by Crippen LogP contribution is 2.35. The summed E-state index contributed by atoms with van der Waals surface area (Å²) >= 11 is 0. The molecule has 1 aliphatic rings. The molecule has 0 bridgehead atoms. The van der Waals surface area contributed by atoms with Gasteiger partial charge in [0.25, 0.3) is 0 Å². The van der Waals surface area contributed by atoms with Crippen molar-refractivity contribution >= 4 is 10.0 Å². The molecule has 108 valence electrons. The number of rotatable bonds is 9. The predicted octanol–water partition coefficient (Wildman–Crippen LogP) is 0.390. The van der Waals surface area contributed by atoms with Gasteiger partial charge in [-0.2, -0.15) is 0 Å². The minimum Gasteiger partial charge on any atom is -0.316 e. The smallest absolute Gasteiger partial charge is 0.212 e. The van der Waals surface area contributed by atoms with Crippen LogP contribution < -0.4 is 10.0 Å². The Bertz CT molecular complexity index is 337. The van der Waals surface area contributed by atoms with Gasteiger partial charge in [0.2, 0.25) is 10.0 Å². The van der Waals surface area contributed by atoms with Gasteiger partial charge >= 0.3 is 0 Å². The molecular formula is C12H27N3O2S. The fourth-order valence-electron chi connectivity index (χ4n) is 2.19. The number of sulfonamides is 1. The molecule has 0 radical (unpaired) electrons. The largest absolute Gasteiger partial charge is 0.316 e. The van der Waals surface area contributed by atoms with Crippen molar-refractivity contribution in [3.8, 4) is 0 Å². The molecule has 1 rings (SSSR count). The van der Waals surface area contributed by atoms with Crippen molar-refractivity contribution in [3.05, 3.63) is 0 Å². The van der Waals surface area contributed by atoms with E-state index in [2.05, 4.69) is 21.9 Å². The summed E-state index contributed by atoms with van der Waals surface area (Å²) in [6.45, 7) is 4.00. The van der Waals surface area contributed by atoms with E-state index in [-0.39, 0.29) is 11.3 Å². The molecule has 1 aliphatic carbocycles. The molecule has 0 unspecified atom stereocenters. The van der Waals surface area contributed by atoms with Crippen LogP contribution in [0.3, 0.4) is 0 Å². The standard InChI is InChI=1S/C12H27N3O2S/c1-4-8-13-9-10-18(16,17)14-11-12(15(2)3)6-5-7-12/h13-14H,4-11H2,1-3H3. The Morgan fingerprint density at radius 3 is 2.33 bits per heavy atom. The number of likely N-dealkylation sites (N-methyl/N-ethyl adjacent to an activating group) is 1. The van der Waals surface area contributed by atoms with Crippen LogP contribution in [-0.2, 0) is 10.0 Å². The molecule has 0 aliphatic heterocycles. The van der Waals surface area contributed by atoms with Crippen LogP contribution in [0.5, 0.6) is 0 Å². The van der Waals surface area contributed by atoms with E-state index in [0.717, 1.165) is 25.8 Å². The summed E-state index contributed by atoms with van der Waals surface area (Å²) in [6, 6.07) is 0. The van der Waals surface area contributed by atoms with E-state index in [1.807, 2.05) is 14.1 Å². The van der Waals surface area contributed by atoms with Crippen molar-refractivity contribution < 1.29 is 8.42 Å². The lowest BCUT2D eigenvalue weighted by Crippen LogP contribution is -2.57. The Balaban J connectivity index is 2.32. The summed E-state index contributed by atoms with van der Waals surface area (Å²) in [6.07, 6.45) is 4.38. The second-order valence-corrected chi connectivity index (χ2v) is 7.29. The van der Waals surface area contributed by atoms with Crippen molar-refractivity contribution in [3.63, 3.8) is 0 Å². The van der Waals surface area contributed by atoms with Gasteiger partial charge < -0.3 is 10.2 Å². The highest BCUT2D eigenvalue weighted by molar-refractivity contribution is 7.89. The molecule has 0 aromatic heterocycles. The molecular weight excluding hydrogens is 250 g/mol. The van der Waals surface area contributed by atoms with Crippen LogP contribution in [0.1, 0.15) is 32.6 Å². The van der Waals surface area contributed by atoms with Crippen molar-refractivity contribution in [2.75, 3.05) is 39.5 Å². The molecule has 18 heavy (non-hydrogen) atoms. The summed E-state index contributed by atoms with van der Waals surface area (Å²) in [7, 11) is 0.904. The van der Waals surface area contributed by atoms with Gasteiger partial charge in [-0.1, -0.05) is 6.92 Å². The third kappa shape index (κ3) is 4.50. The highest BCUT2D eigenvalue weighted by Gasteiger charge is 2.39. The maximum Gasteiger partial charge on any atom is 0.212 e. The summed E-state index contributed by atoms with van der Waals surface area (Å²) in [5.41, 5.74) is 0.0456. The van der Waals surface area contributed by atoms with Crippen molar-refractivity contribution in [1.29, 1.82) is 0 Å². The first-order chi connectivity index (χ1) is 8.42. The van der Waals surface area contributed by atoms with E-state index in [0.29, 0.717) is 13.1 Å². The fourth-order valence-corrected chi connectivity index (χ4v) is 3.24. The number of hydrogen-bond acceptors (Lipinski definition) is 4. The van der Waals surface area contributed by atoms with Gasteiger partial charge in [0.1, 0.15) is 0 Å². The Labute approximate surface area is 111 Å². The van der Waals surface area contributed by atoms with Crippen LogP contribution in [0.2, 0.25) is 0 Å². The van der Waals surface area contributed by atoms with Gasteiger partial charge in [-0.3, -0.25) is 0 Å². The first kappa shape index (κ1) is 15.9. The zero-order valence-electron chi connectivity index (χ0n) is 11.8. The minimum atomic E-state index is -3.14. The summed E-state index contributed by atoms with van der Waals surface area (Å²) in [5, 5.41) is 3.11. The zero-order valence-corrected chi connectivity index (χ0v) is 12.6. The van der Waals surface area contributed by atoms with Crippen molar-refractivity contribution in [2.24, 2.45) is 0 Å². The van der Waals surface area contributed by atoms with Crippen LogP contribution in [0, 0.1) is 0 Å². The van der Waals surface area contributed by atoms with E-state index in [9.17, 15) is 8.42 Å². The fraction of sp³-hybridized carbons (Fsp3) is 1.00. The number of nitrogens with zero attached hydrogens (tertiary/aromatic N) is 1. The van der Waals surface area contributed by atoms with Gasteiger partial charge in [0.15, 0.2) is 0 Å². The van der Waals surface area contributed by atoms with Gasteiger partial charge in [-0.25, -0.2) is 13.1 Å².